The maximum absolute atomic E-state index is 14.3. The van der Waals surface area contributed by atoms with Crippen molar-refractivity contribution in [1.29, 1.82) is 0 Å². The summed E-state index contributed by atoms with van der Waals surface area (Å²) < 4.78 is 109. The van der Waals surface area contributed by atoms with Gasteiger partial charge in [-0.2, -0.15) is 38.4 Å². The Morgan fingerprint density at radius 3 is 2.18 bits per heavy atom. The summed E-state index contributed by atoms with van der Waals surface area (Å²) in [5, 5.41) is 0. The largest absolute Gasteiger partial charge is 0.523 e. The molecule has 0 amide bonds. The molecule has 0 aliphatic carbocycles. The molecule has 1 atom stereocenters. The fraction of sp³-hybridized carbons (Fsp3) is 0.529. The molecule has 1 aromatic rings. The van der Waals surface area contributed by atoms with Crippen molar-refractivity contribution < 1.29 is 38.4 Å². The van der Waals surface area contributed by atoms with Crippen molar-refractivity contribution in [3.8, 4) is 0 Å². The lowest BCUT2D eigenvalue weighted by Crippen LogP contribution is -2.32. The Hall–Kier alpha value is -1.20. The molecule has 0 radical (unpaired) electrons. The molecule has 1 aliphatic heterocycles. The smallest absolute Gasteiger partial charge is 0.196 e. The van der Waals surface area contributed by atoms with Crippen LogP contribution < -0.4 is 0 Å². The molecule has 0 bridgehead atoms. The average molecular weight is 450 g/mol. The molecule has 0 saturated heterocycles. The number of unbranched alkanes of at least 4 members (excludes halogenated alkanes) is 1. The summed E-state index contributed by atoms with van der Waals surface area (Å²) in [5.74, 6) is -0.213. The van der Waals surface area contributed by atoms with E-state index in [-0.39, 0.29) is 24.3 Å². The molecule has 1 heterocycles. The van der Waals surface area contributed by atoms with Gasteiger partial charge < -0.3 is 0 Å². The van der Waals surface area contributed by atoms with Crippen LogP contribution in [-0.2, 0) is 13.7 Å². The SMILES string of the molecule is CCCCC1=Cc2ccc(C(C)C)cc2S1(OS(=O)(=O)C(F)(F)F)C(F)(F)F. The topological polar surface area (TPSA) is 43.4 Å². The third kappa shape index (κ3) is 3.93. The summed E-state index contributed by atoms with van der Waals surface area (Å²) in [7, 11) is -11.4. The molecule has 1 aromatic carbocycles. The summed E-state index contributed by atoms with van der Waals surface area (Å²) in [6.07, 6.45) is 1.62. The van der Waals surface area contributed by atoms with Crippen molar-refractivity contribution in [2.24, 2.45) is 0 Å². The van der Waals surface area contributed by atoms with E-state index in [9.17, 15) is 34.8 Å². The first-order valence-corrected chi connectivity index (χ1v) is 11.4. The lowest BCUT2D eigenvalue weighted by Gasteiger charge is -2.39. The van der Waals surface area contributed by atoms with E-state index in [1.807, 2.05) is 0 Å². The highest BCUT2D eigenvalue weighted by atomic mass is 32.3. The molecule has 0 saturated carbocycles. The van der Waals surface area contributed by atoms with E-state index in [0.29, 0.717) is 12.0 Å². The highest BCUT2D eigenvalue weighted by Gasteiger charge is 2.64. The average Bonchev–Trinajstić information content (AvgIpc) is 2.85. The quantitative estimate of drug-likeness (QED) is 0.353. The second-order valence-electron chi connectivity index (χ2n) is 6.64. The van der Waals surface area contributed by atoms with Crippen molar-refractivity contribution in [2.75, 3.05) is 0 Å². The first kappa shape index (κ1) is 23.1. The van der Waals surface area contributed by atoms with Crippen molar-refractivity contribution >= 4 is 26.5 Å². The highest BCUT2D eigenvalue weighted by molar-refractivity contribution is 8.37. The Morgan fingerprint density at radius 2 is 1.71 bits per heavy atom. The van der Waals surface area contributed by atoms with Gasteiger partial charge in [-0.25, -0.2) is 0 Å². The lowest BCUT2D eigenvalue weighted by molar-refractivity contribution is -0.0546. The number of benzene rings is 1. The fourth-order valence-electron chi connectivity index (χ4n) is 2.81. The number of halogens is 6. The molecular weight excluding hydrogens is 430 g/mol. The van der Waals surface area contributed by atoms with Crippen LogP contribution in [0.25, 0.3) is 6.08 Å². The highest BCUT2D eigenvalue weighted by Crippen LogP contribution is 2.78. The third-order valence-electron chi connectivity index (χ3n) is 4.28. The van der Waals surface area contributed by atoms with E-state index >= 15 is 0 Å². The standard InChI is InChI=1S/C17H20F6O3S2/c1-4-5-6-14-9-13-8-7-12(11(2)3)10-15(13)27(14,16(18,19)20)26-28(24,25)17(21,22)23/h7-11H,4-6H2,1-3H3. The molecule has 0 spiro atoms. The Morgan fingerprint density at radius 1 is 1.11 bits per heavy atom. The van der Waals surface area contributed by atoms with Crippen LogP contribution in [0.5, 0.6) is 0 Å². The van der Waals surface area contributed by atoms with Crippen molar-refractivity contribution in [1.82, 2.24) is 0 Å². The fourth-order valence-corrected chi connectivity index (χ4v) is 7.46. The number of allylic oxidation sites excluding steroid dienone is 1. The summed E-state index contributed by atoms with van der Waals surface area (Å²) in [6.45, 7) is 5.12. The third-order valence-corrected chi connectivity index (χ3v) is 9.06. The molecule has 2 rings (SSSR count). The number of fused-ring (bicyclic) bond motifs is 1. The molecular formula is C17H20F6O3S2. The molecule has 11 heteroatoms. The molecule has 0 fully saturated rings. The number of hydrogen-bond acceptors (Lipinski definition) is 3. The van der Waals surface area contributed by atoms with E-state index in [1.165, 1.54) is 6.07 Å². The molecule has 28 heavy (non-hydrogen) atoms. The van der Waals surface area contributed by atoms with Crippen molar-refractivity contribution in [2.45, 2.75) is 61.9 Å². The van der Waals surface area contributed by atoms with Crippen molar-refractivity contribution in [3.63, 3.8) is 0 Å². The molecule has 0 N–H and O–H groups in total. The van der Waals surface area contributed by atoms with Gasteiger partial charge in [0.05, 0.1) is 0 Å². The van der Waals surface area contributed by atoms with Gasteiger partial charge in [-0.1, -0.05) is 39.3 Å². The summed E-state index contributed by atoms with van der Waals surface area (Å²) in [6, 6.07) is 4.05. The number of alkyl halides is 6. The van der Waals surface area contributed by atoms with Crippen LogP contribution in [0.3, 0.4) is 0 Å². The maximum Gasteiger partial charge on any atom is 0.523 e. The van der Waals surface area contributed by atoms with Gasteiger partial charge >= 0.3 is 21.1 Å². The Kier molecular flexibility index (Phi) is 6.24. The van der Waals surface area contributed by atoms with E-state index in [1.54, 1.807) is 26.8 Å². The van der Waals surface area contributed by atoms with E-state index in [2.05, 4.69) is 3.63 Å². The van der Waals surface area contributed by atoms with E-state index in [0.717, 1.165) is 12.1 Å². The van der Waals surface area contributed by atoms with Crippen LogP contribution in [0.4, 0.5) is 26.3 Å². The normalized spacial score (nSPS) is 22.7. The zero-order valence-corrected chi connectivity index (χ0v) is 17.0. The Bertz CT molecular complexity index is 872. The van der Waals surface area contributed by atoms with Crippen LogP contribution in [0.2, 0.25) is 0 Å². The van der Waals surface area contributed by atoms with Crippen LogP contribution in [0.1, 0.15) is 57.1 Å². The van der Waals surface area contributed by atoms with Gasteiger partial charge in [0.15, 0.2) is 0 Å². The van der Waals surface area contributed by atoms with Gasteiger partial charge in [0.1, 0.15) is 0 Å². The van der Waals surface area contributed by atoms with E-state index < -0.39 is 41.2 Å². The van der Waals surface area contributed by atoms with Crippen LogP contribution >= 0.6 is 10.3 Å². The summed E-state index contributed by atoms with van der Waals surface area (Å²) >= 11 is 0. The minimum absolute atomic E-state index is 0.0280. The number of hydrogen-bond donors (Lipinski definition) is 0. The monoisotopic (exact) mass is 450 g/mol. The van der Waals surface area contributed by atoms with Gasteiger partial charge in [0.25, 0.3) is 0 Å². The molecule has 3 nitrogen and oxygen atoms in total. The predicted octanol–water partition coefficient (Wildman–Crippen LogP) is 6.82. The Balaban J connectivity index is 2.79. The van der Waals surface area contributed by atoms with Crippen LogP contribution in [0.15, 0.2) is 28.0 Å². The summed E-state index contributed by atoms with van der Waals surface area (Å²) in [5.41, 5.74) is -10.8. The molecule has 1 unspecified atom stereocenters. The predicted molar refractivity (Wildman–Crippen MR) is 96.0 cm³/mol. The maximum atomic E-state index is 14.3. The van der Waals surface area contributed by atoms with Gasteiger partial charge in [0, 0.05) is 20.1 Å². The minimum Gasteiger partial charge on any atom is -0.196 e. The van der Waals surface area contributed by atoms with E-state index in [4.69, 9.17) is 0 Å². The zero-order chi connectivity index (χ0) is 21.5. The molecule has 1 aliphatic rings. The van der Waals surface area contributed by atoms with Gasteiger partial charge in [0.2, 0.25) is 0 Å². The van der Waals surface area contributed by atoms with Gasteiger partial charge in [-0.15, -0.1) is 0 Å². The second kappa shape index (κ2) is 7.56. The first-order chi connectivity index (χ1) is 12.7. The van der Waals surface area contributed by atoms with Crippen molar-refractivity contribution in [3.05, 3.63) is 34.2 Å². The van der Waals surface area contributed by atoms with Gasteiger partial charge in [-0.05, 0) is 42.0 Å². The zero-order valence-electron chi connectivity index (χ0n) is 15.3. The summed E-state index contributed by atoms with van der Waals surface area (Å²) in [4.78, 5) is -1.02. The second-order valence-corrected chi connectivity index (χ2v) is 11.1. The Labute approximate surface area is 161 Å². The first-order valence-electron chi connectivity index (χ1n) is 8.44. The van der Waals surface area contributed by atoms with Crippen LogP contribution in [-0.4, -0.2) is 19.4 Å². The van der Waals surface area contributed by atoms with Gasteiger partial charge in [-0.3, -0.25) is 0 Å². The molecule has 160 valence electrons. The minimum atomic E-state index is -6.48. The lowest BCUT2D eigenvalue weighted by atomic mass is 10.0. The number of rotatable bonds is 6. The molecule has 0 aromatic heterocycles. The van der Waals surface area contributed by atoms with Crippen LogP contribution in [0, 0.1) is 0 Å².